The number of rotatable bonds is 9. The van der Waals surface area contributed by atoms with Gasteiger partial charge in [-0.05, 0) is 32.6 Å². The standard InChI is InChI=1S/C18H33N3O3/c1-3-19-17(20-9-5-10-23-13-12-22-2)21-15-14-6-11-24-16(14)18(15)7-4-8-18/h14-16H,3-13H2,1-2H3,(H2,19,20,21). The Morgan fingerprint density at radius 2 is 2.17 bits per heavy atom. The molecule has 3 fully saturated rings. The van der Waals surface area contributed by atoms with E-state index < -0.39 is 0 Å². The first kappa shape index (κ1) is 18.0. The highest BCUT2D eigenvalue weighted by Crippen LogP contribution is 2.62. The van der Waals surface area contributed by atoms with Gasteiger partial charge >= 0.3 is 0 Å². The van der Waals surface area contributed by atoms with Crippen LogP contribution in [0, 0.1) is 11.3 Å². The van der Waals surface area contributed by atoms with Crippen molar-refractivity contribution in [3.63, 3.8) is 0 Å². The molecule has 0 aromatic carbocycles. The van der Waals surface area contributed by atoms with Gasteiger partial charge in [-0.25, -0.2) is 0 Å². The smallest absolute Gasteiger partial charge is 0.191 e. The lowest BCUT2D eigenvalue weighted by molar-refractivity contribution is -0.171. The van der Waals surface area contributed by atoms with Gasteiger partial charge in [0.1, 0.15) is 0 Å². The van der Waals surface area contributed by atoms with Crippen LogP contribution >= 0.6 is 0 Å². The molecule has 6 nitrogen and oxygen atoms in total. The molecule has 1 spiro atoms. The number of fused-ring (bicyclic) bond motifs is 2. The molecule has 3 rings (SSSR count). The van der Waals surface area contributed by atoms with E-state index in [0.29, 0.717) is 36.7 Å². The van der Waals surface area contributed by atoms with E-state index in [-0.39, 0.29) is 0 Å². The molecule has 1 saturated heterocycles. The minimum Gasteiger partial charge on any atom is -0.382 e. The van der Waals surface area contributed by atoms with E-state index >= 15 is 0 Å². The molecule has 0 aromatic rings. The number of guanidine groups is 1. The zero-order valence-corrected chi connectivity index (χ0v) is 15.2. The van der Waals surface area contributed by atoms with E-state index in [2.05, 4.69) is 17.6 Å². The summed E-state index contributed by atoms with van der Waals surface area (Å²) < 4.78 is 16.5. The Kier molecular flexibility index (Phi) is 6.36. The van der Waals surface area contributed by atoms with Crippen LogP contribution in [0.2, 0.25) is 0 Å². The summed E-state index contributed by atoms with van der Waals surface area (Å²) in [6, 6.07) is 0.537. The number of hydrogen-bond donors (Lipinski definition) is 2. The van der Waals surface area contributed by atoms with Gasteiger partial charge in [0.2, 0.25) is 0 Å². The van der Waals surface area contributed by atoms with Crippen LogP contribution in [0.4, 0.5) is 0 Å². The van der Waals surface area contributed by atoms with Crippen LogP contribution in [0.1, 0.15) is 39.0 Å². The summed E-state index contributed by atoms with van der Waals surface area (Å²) in [5.74, 6) is 1.63. The molecule has 3 unspecified atom stereocenters. The highest BCUT2D eigenvalue weighted by Gasteiger charge is 2.66. The van der Waals surface area contributed by atoms with Gasteiger partial charge in [-0.3, -0.25) is 4.99 Å². The largest absolute Gasteiger partial charge is 0.382 e. The fraction of sp³-hybridized carbons (Fsp3) is 0.944. The Bertz CT molecular complexity index is 426. The molecule has 1 heterocycles. The average Bonchev–Trinajstić information content (AvgIpc) is 2.95. The van der Waals surface area contributed by atoms with Gasteiger partial charge < -0.3 is 24.8 Å². The molecule has 1 aliphatic heterocycles. The van der Waals surface area contributed by atoms with Crippen molar-refractivity contribution < 1.29 is 14.2 Å². The minimum absolute atomic E-state index is 0.390. The monoisotopic (exact) mass is 339 g/mol. The maximum Gasteiger partial charge on any atom is 0.191 e. The lowest BCUT2D eigenvalue weighted by Crippen LogP contribution is -2.72. The van der Waals surface area contributed by atoms with E-state index in [1.54, 1.807) is 7.11 Å². The summed E-state index contributed by atoms with van der Waals surface area (Å²) in [6.45, 7) is 6.77. The quantitative estimate of drug-likeness (QED) is 0.379. The molecule has 138 valence electrons. The molecule has 3 aliphatic rings. The summed E-state index contributed by atoms with van der Waals surface area (Å²) in [7, 11) is 1.69. The van der Waals surface area contributed by atoms with Crippen molar-refractivity contribution in [3.05, 3.63) is 0 Å². The maximum absolute atomic E-state index is 6.00. The number of nitrogens with one attached hydrogen (secondary N) is 2. The molecule has 6 heteroatoms. The van der Waals surface area contributed by atoms with Gasteiger partial charge in [0, 0.05) is 50.8 Å². The van der Waals surface area contributed by atoms with E-state index in [1.807, 2.05) is 0 Å². The summed E-state index contributed by atoms with van der Waals surface area (Å²) in [5, 5.41) is 7.12. The summed E-state index contributed by atoms with van der Waals surface area (Å²) >= 11 is 0. The zero-order chi connectivity index (χ0) is 16.8. The average molecular weight is 339 g/mol. The van der Waals surface area contributed by atoms with Gasteiger partial charge in [-0.15, -0.1) is 0 Å². The Morgan fingerprint density at radius 3 is 2.88 bits per heavy atom. The minimum atomic E-state index is 0.390. The van der Waals surface area contributed by atoms with Gasteiger partial charge in [-0.2, -0.15) is 0 Å². The first-order valence-corrected chi connectivity index (χ1v) is 9.55. The van der Waals surface area contributed by atoms with Crippen LogP contribution < -0.4 is 10.6 Å². The van der Waals surface area contributed by atoms with Gasteiger partial charge in [0.05, 0.1) is 19.3 Å². The van der Waals surface area contributed by atoms with Crippen molar-refractivity contribution in [2.45, 2.75) is 51.2 Å². The second-order valence-corrected chi connectivity index (χ2v) is 7.17. The van der Waals surface area contributed by atoms with Crippen molar-refractivity contribution in [2.24, 2.45) is 16.3 Å². The Morgan fingerprint density at radius 1 is 1.29 bits per heavy atom. The number of nitrogens with zero attached hydrogens (tertiary/aromatic N) is 1. The zero-order valence-electron chi connectivity index (χ0n) is 15.2. The molecular formula is C18H33N3O3. The summed E-state index contributed by atoms with van der Waals surface area (Å²) in [5.41, 5.74) is 0.390. The third-order valence-electron chi connectivity index (χ3n) is 5.82. The lowest BCUT2D eigenvalue weighted by atomic mass is 9.46. The van der Waals surface area contributed by atoms with Crippen LogP contribution in [0.15, 0.2) is 4.99 Å². The molecule has 3 atom stereocenters. The third kappa shape index (κ3) is 3.55. The molecule has 2 aliphatic carbocycles. The maximum atomic E-state index is 6.00. The highest BCUT2D eigenvalue weighted by atomic mass is 16.5. The van der Waals surface area contributed by atoms with Crippen LogP contribution in [0.5, 0.6) is 0 Å². The van der Waals surface area contributed by atoms with E-state index in [0.717, 1.165) is 38.7 Å². The van der Waals surface area contributed by atoms with Crippen LogP contribution in [-0.2, 0) is 14.2 Å². The number of ether oxygens (including phenoxy) is 3. The second kappa shape index (κ2) is 8.50. The van der Waals surface area contributed by atoms with Crippen molar-refractivity contribution in [2.75, 3.05) is 46.6 Å². The third-order valence-corrected chi connectivity index (χ3v) is 5.82. The van der Waals surface area contributed by atoms with Crippen LogP contribution in [-0.4, -0.2) is 64.7 Å². The van der Waals surface area contributed by atoms with E-state index in [1.165, 1.54) is 25.7 Å². The number of aliphatic imine (C=N–C) groups is 1. The predicted octanol–water partition coefficient (Wildman–Crippen LogP) is 1.55. The molecule has 0 bridgehead atoms. The molecule has 0 aromatic heterocycles. The van der Waals surface area contributed by atoms with Crippen LogP contribution in [0.3, 0.4) is 0 Å². The molecule has 2 N–H and O–H groups in total. The molecule has 24 heavy (non-hydrogen) atoms. The number of methoxy groups -OCH3 is 1. The SMILES string of the molecule is CCNC(=NCCCOCCOC)NC1C2CCOC2C12CCC2. The van der Waals surface area contributed by atoms with Crippen molar-refractivity contribution in [1.82, 2.24) is 10.6 Å². The van der Waals surface area contributed by atoms with Gasteiger partial charge in [0.15, 0.2) is 5.96 Å². The van der Waals surface area contributed by atoms with Gasteiger partial charge in [0.25, 0.3) is 0 Å². The topological polar surface area (TPSA) is 64.1 Å². The Hall–Kier alpha value is -0.850. The van der Waals surface area contributed by atoms with Gasteiger partial charge in [-0.1, -0.05) is 6.42 Å². The summed E-state index contributed by atoms with van der Waals surface area (Å²) in [4.78, 5) is 4.73. The van der Waals surface area contributed by atoms with Crippen molar-refractivity contribution >= 4 is 5.96 Å². The molecule has 2 saturated carbocycles. The highest BCUT2D eigenvalue weighted by molar-refractivity contribution is 5.80. The molecule has 0 radical (unpaired) electrons. The van der Waals surface area contributed by atoms with Crippen LogP contribution in [0.25, 0.3) is 0 Å². The van der Waals surface area contributed by atoms with Crippen molar-refractivity contribution in [1.29, 1.82) is 0 Å². The predicted molar refractivity (Wildman–Crippen MR) is 94.3 cm³/mol. The van der Waals surface area contributed by atoms with E-state index in [9.17, 15) is 0 Å². The van der Waals surface area contributed by atoms with E-state index in [4.69, 9.17) is 19.2 Å². The van der Waals surface area contributed by atoms with Crippen molar-refractivity contribution in [3.8, 4) is 0 Å². The normalized spacial score (nSPS) is 30.6. The fourth-order valence-electron chi connectivity index (χ4n) is 4.53. The Labute approximate surface area is 145 Å². The summed E-state index contributed by atoms with van der Waals surface area (Å²) in [6.07, 6.45) is 6.58. The Balaban J connectivity index is 1.46. The molecule has 0 amide bonds. The first-order chi connectivity index (χ1) is 11.8. The molecular weight excluding hydrogens is 306 g/mol. The number of hydrogen-bond acceptors (Lipinski definition) is 4. The first-order valence-electron chi connectivity index (χ1n) is 9.55. The lowest BCUT2D eigenvalue weighted by Gasteiger charge is -2.63. The second-order valence-electron chi connectivity index (χ2n) is 7.17. The fourth-order valence-corrected chi connectivity index (χ4v) is 4.53.